The summed E-state index contributed by atoms with van der Waals surface area (Å²) in [4.78, 5) is 16.2. The fourth-order valence-corrected chi connectivity index (χ4v) is 2.35. The molecule has 0 saturated heterocycles. The predicted octanol–water partition coefficient (Wildman–Crippen LogP) is 3.68. The van der Waals surface area contributed by atoms with Crippen LogP contribution in [0.15, 0.2) is 84.2 Å². The van der Waals surface area contributed by atoms with E-state index in [9.17, 15) is 4.79 Å². The van der Waals surface area contributed by atoms with Gasteiger partial charge in [0.1, 0.15) is 5.75 Å². The van der Waals surface area contributed by atoms with Gasteiger partial charge in [0.15, 0.2) is 6.61 Å². The number of carbonyl (C=O) groups is 1. The average molecular weight is 366 g/mol. The minimum Gasteiger partial charge on any atom is -0.484 e. The first-order valence-corrected chi connectivity index (χ1v) is 8.31. The lowest BCUT2D eigenvalue weighted by Gasteiger charge is -2.08. The molecule has 0 fully saturated rings. The lowest BCUT2D eigenvalue weighted by Crippen LogP contribution is -2.26. The summed E-state index contributed by atoms with van der Waals surface area (Å²) in [5.74, 6) is 0.196. The van der Waals surface area contributed by atoms with Crippen molar-refractivity contribution in [2.24, 2.45) is 5.10 Å². The standard InChI is InChI=1S/C20H16ClN3O2/c21-17-8-10-18(11-9-17)26-14-19(25)23-24-20(15-5-2-1-3-6-15)16-7-4-12-22-13-16/h1-13H,14H2,(H,23,25)/b24-20+. The number of nitrogens with one attached hydrogen (secondary N) is 1. The number of carbonyl (C=O) groups excluding carboxylic acids is 1. The molecular weight excluding hydrogens is 350 g/mol. The zero-order valence-electron chi connectivity index (χ0n) is 13.8. The molecule has 0 radical (unpaired) electrons. The van der Waals surface area contributed by atoms with Gasteiger partial charge in [-0.05, 0) is 36.4 Å². The first kappa shape index (κ1) is 17.6. The molecule has 26 heavy (non-hydrogen) atoms. The Balaban J connectivity index is 1.70. The molecule has 0 unspecified atom stereocenters. The molecule has 1 N–H and O–H groups in total. The summed E-state index contributed by atoms with van der Waals surface area (Å²) in [5.41, 5.74) is 4.83. The summed E-state index contributed by atoms with van der Waals surface area (Å²) in [5, 5.41) is 4.87. The van der Waals surface area contributed by atoms with E-state index in [0.717, 1.165) is 11.1 Å². The molecule has 1 aromatic heterocycles. The minimum atomic E-state index is -0.364. The van der Waals surface area contributed by atoms with Crippen LogP contribution in [-0.4, -0.2) is 23.2 Å². The fraction of sp³-hybridized carbons (Fsp3) is 0.0500. The molecular formula is C20H16ClN3O2. The number of benzene rings is 2. The van der Waals surface area contributed by atoms with Gasteiger partial charge in [-0.2, -0.15) is 5.10 Å². The van der Waals surface area contributed by atoms with Crippen molar-refractivity contribution in [1.82, 2.24) is 10.4 Å². The van der Waals surface area contributed by atoms with E-state index in [2.05, 4.69) is 15.5 Å². The van der Waals surface area contributed by atoms with Crippen LogP contribution in [0.5, 0.6) is 5.75 Å². The molecule has 0 aliphatic heterocycles. The molecule has 130 valence electrons. The number of hydrazone groups is 1. The number of pyridine rings is 1. The largest absolute Gasteiger partial charge is 0.484 e. The third kappa shape index (κ3) is 4.91. The number of hydrogen-bond donors (Lipinski definition) is 1. The third-order valence-electron chi connectivity index (χ3n) is 3.46. The number of hydrogen-bond acceptors (Lipinski definition) is 4. The van der Waals surface area contributed by atoms with Crippen molar-refractivity contribution in [2.75, 3.05) is 6.61 Å². The number of ether oxygens (including phenoxy) is 1. The normalized spacial score (nSPS) is 11.0. The lowest BCUT2D eigenvalue weighted by atomic mass is 10.0. The van der Waals surface area contributed by atoms with Gasteiger partial charge in [0, 0.05) is 28.5 Å². The van der Waals surface area contributed by atoms with Gasteiger partial charge in [-0.3, -0.25) is 9.78 Å². The summed E-state index contributed by atoms with van der Waals surface area (Å²) in [6.45, 7) is -0.153. The first-order chi connectivity index (χ1) is 12.7. The highest BCUT2D eigenvalue weighted by molar-refractivity contribution is 6.30. The molecule has 1 heterocycles. The van der Waals surface area contributed by atoms with Crippen molar-refractivity contribution in [3.63, 3.8) is 0 Å². The van der Waals surface area contributed by atoms with Crippen LogP contribution < -0.4 is 10.2 Å². The van der Waals surface area contributed by atoms with Gasteiger partial charge >= 0.3 is 0 Å². The van der Waals surface area contributed by atoms with Crippen LogP contribution in [0.1, 0.15) is 11.1 Å². The molecule has 1 amide bonds. The number of amides is 1. The van der Waals surface area contributed by atoms with Crippen LogP contribution in [0, 0.1) is 0 Å². The van der Waals surface area contributed by atoms with Gasteiger partial charge in [0.2, 0.25) is 0 Å². The Bertz CT molecular complexity index is 840. The summed E-state index contributed by atoms with van der Waals surface area (Å²) < 4.78 is 5.41. The van der Waals surface area contributed by atoms with E-state index in [4.69, 9.17) is 16.3 Å². The smallest absolute Gasteiger partial charge is 0.277 e. The maximum Gasteiger partial charge on any atom is 0.277 e. The van der Waals surface area contributed by atoms with Crippen molar-refractivity contribution >= 4 is 23.2 Å². The molecule has 5 nitrogen and oxygen atoms in total. The Labute approximate surface area is 156 Å². The quantitative estimate of drug-likeness (QED) is 0.535. The predicted molar refractivity (Wildman–Crippen MR) is 101 cm³/mol. The van der Waals surface area contributed by atoms with E-state index in [1.165, 1.54) is 0 Å². The van der Waals surface area contributed by atoms with E-state index >= 15 is 0 Å². The van der Waals surface area contributed by atoms with Crippen LogP contribution >= 0.6 is 11.6 Å². The molecule has 0 atom stereocenters. The second-order valence-corrected chi connectivity index (χ2v) is 5.78. The topological polar surface area (TPSA) is 63.6 Å². The molecule has 0 aliphatic rings. The zero-order chi connectivity index (χ0) is 18.2. The van der Waals surface area contributed by atoms with Crippen molar-refractivity contribution in [3.05, 3.63) is 95.3 Å². The van der Waals surface area contributed by atoms with Crippen molar-refractivity contribution < 1.29 is 9.53 Å². The first-order valence-electron chi connectivity index (χ1n) is 7.93. The van der Waals surface area contributed by atoms with Crippen molar-refractivity contribution in [3.8, 4) is 5.75 Å². The van der Waals surface area contributed by atoms with Crippen LogP contribution in [0.4, 0.5) is 0 Å². The Morgan fingerprint density at radius 3 is 2.42 bits per heavy atom. The van der Waals surface area contributed by atoms with Gasteiger partial charge in [0.05, 0.1) is 5.71 Å². The number of nitrogens with zero attached hydrogens (tertiary/aromatic N) is 2. The second kappa shape index (κ2) is 8.78. The van der Waals surface area contributed by atoms with Gasteiger partial charge in [-0.1, -0.05) is 41.9 Å². The van der Waals surface area contributed by atoms with Gasteiger partial charge in [-0.25, -0.2) is 5.43 Å². The minimum absolute atomic E-state index is 0.153. The van der Waals surface area contributed by atoms with Crippen LogP contribution in [-0.2, 0) is 4.79 Å². The SMILES string of the molecule is O=C(COc1ccc(Cl)cc1)N/N=C(\c1ccccc1)c1cccnc1. The molecule has 3 aromatic rings. The Morgan fingerprint density at radius 1 is 1.00 bits per heavy atom. The lowest BCUT2D eigenvalue weighted by molar-refractivity contribution is -0.123. The molecule has 0 bridgehead atoms. The van der Waals surface area contributed by atoms with Gasteiger partial charge in [-0.15, -0.1) is 0 Å². The fourth-order valence-electron chi connectivity index (χ4n) is 2.22. The molecule has 0 aliphatic carbocycles. The van der Waals surface area contributed by atoms with E-state index < -0.39 is 0 Å². The Morgan fingerprint density at radius 2 is 1.73 bits per heavy atom. The monoisotopic (exact) mass is 365 g/mol. The number of halogens is 1. The van der Waals surface area contributed by atoms with E-state index in [1.807, 2.05) is 42.5 Å². The van der Waals surface area contributed by atoms with Crippen LogP contribution in [0.3, 0.4) is 0 Å². The van der Waals surface area contributed by atoms with Crippen LogP contribution in [0.2, 0.25) is 5.02 Å². The molecule has 2 aromatic carbocycles. The number of rotatable bonds is 6. The Kier molecular flexibility index (Phi) is 5.96. The summed E-state index contributed by atoms with van der Waals surface area (Å²) >= 11 is 5.82. The maximum absolute atomic E-state index is 12.1. The van der Waals surface area contributed by atoms with Gasteiger partial charge < -0.3 is 4.74 Å². The highest BCUT2D eigenvalue weighted by Gasteiger charge is 2.08. The Hall–Kier alpha value is -3.18. The maximum atomic E-state index is 12.1. The second-order valence-electron chi connectivity index (χ2n) is 5.35. The van der Waals surface area contributed by atoms with Gasteiger partial charge in [0.25, 0.3) is 5.91 Å². The molecule has 0 spiro atoms. The van der Waals surface area contributed by atoms with Crippen molar-refractivity contribution in [1.29, 1.82) is 0 Å². The summed E-state index contributed by atoms with van der Waals surface area (Å²) in [6, 6.07) is 20.1. The van der Waals surface area contributed by atoms with E-state index in [-0.39, 0.29) is 12.5 Å². The van der Waals surface area contributed by atoms with E-state index in [0.29, 0.717) is 16.5 Å². The zero-order valence-corrected chi connectivity index (χ0v) is 14.6. The molecule has 6 heteroatoms. The molecule has 3 rings (SSSR count). The molecule has 0 saturated carbocycles. The third-order valence-corrected chi connectivity index (χ3v) is 3.71. The summed E-state index contributed by atoms with van der Waals surface area (Å²) in [7, 11) is 0. The number of aromatic nitrogens is 1. The summed E-state index contributed by atoms with van der Waals surface area (Å²) in [6.07, 6.45) is 3.38. The van der Waals surface area contributed by atoms with Crippen molar-refractivity contribution in [2.45, 2.75) is 0 Å². The van der Waals surface area contributed by atoms with Crippen LogP contribution in [0.25, 0.3) is 0 Å². The highest BCUT2D eigenvalue weighted by atomic mass is 35.5. The highest BCUT2D eigenvalue weighted by Crippen LogP contribution is 2.15. The van der Waals surface area contributed by atoms with E-state index in [1.54, 1.807) is 36.7 Å². The average Bonchev–Trinajstić information content (AvgIpc) is 2.69.